The van der Waals surface area contributed by atoms with Crippen LogP contribution in [0, 0.1) is 0 Å². The van der Waals surface area contributed by atoms with Crippen LogP contribution in [0.3, 0.4) is 0 Å². The Morgan fingerprint density at radius 1 is 1.21 bits per heavy atom. The first-order valence-electron chi connectivity index (χ1n) is 10.6. The van der Waals surface area contributed by atoms with Crippen molar-refractivity contribution in [3.63, 3.8) is 0 Å². The number of ether oxygens (including phenoxy) is 2. The van der Waals surface area contributed by atoms with Gasteiger partial charge in [0, 0.05) is 17.5 Å². The van der Waals surface area contributed by atoms with Gasteiger partial charge >= 0.3 is 5.97 Å². The number of esters is 1. The molecule has 1 saturated carbocycles. The van der Waals surface area contributed by atoms with E-state index < -0.39 is 22.0 Å². The monoisotopic (exact) mass is 525 g/mol. The van der Waals surface area contributed by atoms with Crippen molar-refractivity contribution in [1.29, 1.82) is 0 Å². The number of carbonyl (C=O) groups excluding carboxylic acids is 1. The highest BCUT2D eigenvalue weighted by Gasteiger charge is 2.29. The van der Waals surface area contributed by atoms with E-state index in [2.05, 4.69) is 9.71 Å². The van der Waals surface area contributed by atoms with Gasteiger partial charge in [0.1, 0.15) is 18.0 Å². The molecule has 8 nitrogen and oxygen atoms in total. The lowest BCUT2D eigenvalue weighted by molar-refractivity contribution is -0.141. The number of carbonyl (C=O) groups is 1. The van der Waals surface area contributed by atoms with E-state index in [9.17, 15) is 13.2 Å². The molecule has 2 aromatic carbocycles. The standard InChI is InChI=1S/C23H25Cl2N3O5S/c1-2-32-23(29)14-27-19-7-5-8-20(16(19)13-26)28-34(30,31)15-10-11-22(18(25)12-15)33-21-9-4-3-6-17(21)24/h3-4,6,9-13,20,28H,2,5,7-8,14,26H2,1H3/t20-/m1/s1. The van der Waals surface area contributed by atoms with Gasteiger partial charge in [-0.15, -0.1) is 0 Å². The van der Waals surface area contributed by atoms with Crippen LogP contribution in [-0.2, 0) is 19.6 Å². The summed E-state index contributed by atoms with van der Waals surface area (Å²) in [5.41, 5.74) is 6.90. The van der Waals surface area contributed by atoms with Gasteiger partial charge in [0.05, 0.1) is 27.6 Å². The van der Waals surface area contributed by atoms with Crippen LogP contribution in [0.4, 0.5) is 0 Å². The fourth-order valence-corrected chi connectivity index (χ4v) is 5.21. The lowest BCUT2D eigenvalue weighted by atomic mass is 9.89. The maximum atomic E-state index is 13.1. The maximum Gasteiger partial charge on any atom is 0.327 e. The Bertz CT molecular complexity index is 1210. The molecule has 0 saturated heterocycles. The summed E-state index contributed by atoms with van der Waals surface area (Å²) in [7, 11) is -3.95. The molecule has 1 fully saturated rings. The first kappa shape index (κ1) is 26.0. The van der Waals surface area contributed by atoms with E-state index in [0.29, 0.717) is 41.3 Å². The highest BCUT2D eigenvalue weighted by Crippen LogP contribution is 2.35. The van der Waals surface area contributed by atoms with Crippen molar-refractivity contribution in [1.82, 2.24) is 4.72 Å². The van der Waals surface area contributed by atoms with Crippen LogP contribution < -0.4 is 15.2 Å². The van der Waals surface area contributed by atoms with Gasteiger partial charge in [-0.1, -0.05) is 35.3 Å². The average Bonchev–Trinajstić information content (AvgIpc) is 2.80. The van der Waals surface area contributed by atoms with Crippen LogP contribution in [0.5, 0.6) is 11.5 Å². The second-order valence-corrected chi connectivity index (χ2v) is 9.91. The van der Waals surface area contributed by atoms with E-state index in [1.165, 1.54) is 24.4 Å². The van der Waals surface area contributed by atoms with Crippen LogP contribution in [-0.4, -0.2) is 39.3 Å². The second kappa shape index (κ2) is 11.7. The molecule has 0 aromatic heterocycles. The predicted molar refractivity (Wildman–Crippen MR) is 132 cm³/mol. The number of hydrogen-bond acceptors (Lipinski definition) is 7. The smallest absolute Gasteiger partial charge is 0.327 e. The zero-order valence-electron chi connectivity index (χ0n) is 18.5. The summed E-state index contributed by atoms with van der Waals surface area (Å²) in [6, 6.07) is 10.4. The fourth-order valence-electron chi connectivity index (χ4n) is 3.48. The van der Waals surface area contributed by atoms with Crippen molar-refractivity contribution in [2.45, 2.75) is 37.1 Å². The molecular weight excluding hydrogens is 501 g/mol. The molecule has 3 N–H and O–H groups in total. The molecule has 0 aliphatic heterocycles. The van der Waals surface area contributed by atoms with Gasteiger partial charge in [0.15, 0.2) is 0 Å². The summed E-state index contributed by atoms with van der Waals surface area (Å²) >= 11 is 12.4. The summed E-state index contributed by atoms with van der Waals surface area (Å²) in [6.45, 7) is 1.82. The van der Waals surface area contributed by atoms with Gasteiger partial charge in [-0.3, -0.25) is 9.79 Å². The molecule has 182 valence electrons. The second-order valence-electron chi connectivity index (χ2n) is 7.38. The zero-order valence-corrected chi connectivity index (χ0v) is 20.8. The minimum atomic E-state index is -3.95. The number of nitrogens with one attached hydrogen (secondary N) is 1. The Balaban J connectivity index is 1.77. The molecular formula is C23H25Cl2N3O5S. The molecule has 3 rings (SSSR count). The molecule has 0 heterocycles. The first-order chi connectivity index (χ1) is 16.2. The molecule has 0 amide bonds. The Labute approximate surface area is 208 Å². The minimum Gasteiger partial charge on any atom is -0.465 e. The van der Waals surface area contributed by atoms with E-state index >= 15 is 0 Å². The van der Waals surface area contributed by atoms with Crippen LogP contribution in [0.15, 0.2) is 64.1 Å². The first-order valence-corrected chi connectivity index (χ1v) is 12.8. The Hall–Kier alpha value is -2.59. The van der Waals surface area contributed by atoms with Crippen molar-refractivity contribution in [3.05, 3.63) is 64.3 Å². The number of rotatable bonds is 8. The van der Waals surface area contributed by atoms with Gasteiger partial charge in [-0.25, -0.2) is 13.1 Å². The lowest BCUT2D eigenvalue weighted by Crippen LogP contribution is -2.41. The molecule has 1 aliphatic carbocycles. The predicted octanol–water partition coefficient (Wildman–Crippen LogP) is 4.46. The summed E-state index contributed by atoms with van der Waals surface area (Å²) in [5, 5.41) is 0.508. The third-order valence-electron chi connectivity index (χ3n) is 5.07. The Kier molecular flexibility index (Phi) is 8.96. The highest BCUT2D eigenvalue weighted by atomic mass is 35.5. The summed E-state index contributed by atoms with van der Waals surface area (Å²) in [4.78, 5) is 15.9. The van der Waals surface area contributed by atoms with Crippen molar-refractivity contribution in [3.8, 4) is 11.5 Å². The summed E-state index contributed by atoms with van der Waals surface area (Å²) in [5.74, 6) is 0.208. The van der Waals surface area contributed by atoms with Gasteiger partial charge in [-0.05, 0) is 56.5 Å². The molecule has 0 spiro atoms. The number of para-hydroxylation sites is 1. The summed E-state index contributed by atoms with van der Waals surface area (Å²) < 4.78 is 39.4. The highest BCUT2D eigenvalue weighted by molar-refractivity contribution is 7.89. The van der Waals surface area contributed by atoms with Gasteiger partial charge in [-0.2, -0.15) is 0 Å². The average molecular weight is 526 g/mol. The van der Waals surface area contributed by atoms with Crippen molar-refractivity contribution in [2.75, 3.05) is 13.2 Å². The molecule has 1 atom stereocenters. The van der Waals surface area contributed by atoms with E-state index in [1.807, 2.05) is 0 Å². The molecule has 2 aromatic rings. The van der Waals surface area contributed by atoms with Gasteiger partial charge in [0.2, 0.25) is 10.0 Å². The Morgan fingerprint density at radius 3 is 2.62 bits per heavy atom. The zero-order chi connectivity index (χ0) is 24.7. The number of halogens is 2. The number of aliphatic imine (C=N–C) groups is 1. The minimum absolute atomic E-state index is 0.0315. The fraction of sp³-hybridized carbons (Fsp3) is 0.304. The van der Waals surface area contributed by atoms with Crippen molar-refractivity contribution in [2.24, 2.45) is 10.7 Å². The SMILES string of the molecule is CCOC(=O)CN=C1CCC[C@@H](NS(=O)(=O)c2ccc(Oc3ccccc3Cl)c(Cl)c2)C1=CN. The normalized spacial score (nSPS) is 18.7. The number of benzene rings is 2. The summed E-state index contributed by atoms with van der Waals surface area (Å²) in [6.07, 6.45) is 3.12. The van der Waals surface area contributed by atoms with Gasteiger partial charge < -0.3 is 15.2 Å². The molecule has 0 radical (unpaired) electrons. The molecule has 34 heavy (non-hydrogen) atoms. The number of nitrogens with two attached hydrogens (primary N) is 1. The molecule has 1 aliphatic rings. The van der Waals surface area contributed by atoms with E-state index in [1.54, 1.807) is 31.2 Å². The number of hydrogen-bond donors (Lipinski definition) is 2. The quantitative estimate of drug-likeness (QED) is 0.490. The number of nitrogens with zero attached hydrogens (tertiary/aromatic N) is 1. The van der Waals surface area contributed by atoms with Crippen LogP contribution in [0.25, 0.3) is 0 Å². The molecule has 0 unspecified atom stereocenters. The number of sulfonamides is 1. The van der Waals surface area contributed by atoms with Crippen LogP contribution in [0.1, 0.15) is 26.2 Å². The van der Waals surface area contributed by atoms with E-state index in [0.717, 1.165) is 0 Å². The molecule has 0 bridgehead atoms. The van der Waals surface area contributed by atoms with E-state index in [-0.39, 0.29) is 28.8 Å². The van der Waals surface area contributed by atoms with Crippen molar-refractivity contribution < 1.29 is 22.7 Å². The largest absolute Gasteiger partial charge is 0.465 e. The van der Waals surface area contributed by atoms with Crippen LogP contribution >= 0.6 is 23.2 Å². The Morgan fingerprint density at radius 2 is 1.94 bits per heavy atom. The van der Waals surface area contributed by atoms with Crippen LogP contribution in [0.2, 0.25) is 10.0 Å². The topological polar surface area (TPSA) is 120 Å². The third-order valence-corrected chi connectivity index (χ3v) is 7.14. The van der Waals surface area contributed by atoms with Crippen molar-refractivity contribution >= 4 is 44.9 Å². The molecule has 11 heteroatoms. The van der Waals surface area contributed by atoms with Gasteiger partial charge in [0.25, 0.3) is 0 Å². The third kappa shape index (κ3) is 6.50. The lowest BCUT2D eigenvalue weighted by Gasteiger charge is -2.27. The maximum absolute atomic E-state index is 13.1. The van der Waals surface area contributed by atoms with E-state index in [4.69, 9.17) is 38.4 Å².